The van der Waals surface area contributed by atoms with Crippen LogP contribution in [0.2, 0.25) is 0 Å². The van der Waals surface area contributed by atoms with Crippen molar-refractivity contribution in [2.45, 2.75) is 25.8 Å². The third-order valence-corrected chi connectivity index (χ3v) is 3.48. The average Bonchev–Trinajstić information content (AvgIpc) is 2.92. The standard InChI is InChI=1S/C15H19N5O2/c1-10(2)17-13(21)9-20-7-12(8-20)15-18-14(19-22-15)11-4-3-5-16-6-11/h3-6,10,12H,7-9H2,1-2H3,(H,17,21). The molecule has 116 valence electrons. The summed E-state index contributed by atoms with van der Waals surface area (Å²) in [5, 5.41) is 6.87. The SMILES string of the molecule is CC(C)NC(=O)CN1CC(c2nc(-c3cccnc3)no2)C1. The van der Waals surface area contributed by atoms with E-state index in [-0.39, 0.29) is 17.9 Å². The maximum atomic E-state index is 11.7. The summed E-state index contributed by atoms with van der Waals surface area (Å²) in [5.41, 5.74) is 0.838. The fraction of sp³-hybridized carbons (Fsp3) is 0.467. The van der Waals surface area contributed by atoms with E-state index in [1.165, 1.54) is 0 Å². The molecule has 3 heterocycles. The van der Waals surface area contributed by atoms with Crippen molar-refractivity contribution >= 4 is 5.91 Å². The lowest BCUT2D eigenvalue weighted by molar-refractivity contribution is -0.123. The van der Waals surface area contributed by atoms with Gasteiger partial charge in [0, 0.05) is 37.1 Å². The highest BCUT2D eigenvalue weighted by Crippen LogP contribution is 2.26. The molecule has 1 saturated heterocycles. The van der Waals surface area contributed by atoms with E-state index in [0.29, 0.717) is 18.3 Å². The van der Waals surface area contributed by atoms with Crippen LogP contribution in [0.3, 0.4) is 0 Å². The van der Waals surface area contributed by atoms with Crippen molar-refractivity contribution in [3.05, 3.63) is 30.4 Å². The van der Waals surface area contributed by atoms with E-state index >= 15 is 0 Å². The first kappa shape index (κ1) is 14.6. The summed E-state index contributed by atoms with van der Waals surface area (Å²) in [7, 11) is 0. The van der Waals surface area contributed by atoms with Crippen LogP contribution in [-0.4, -0.2) is 51.6 Å². The minimum absolute atomic E-state index is 0.0510. The molecule has 0 aromatic carbocycles. The van der Waals surface area contributed by atoms with Crippen molar-refractivity contribution in [2.24, 2.45) is 0 Å². The molecule has 2 aromatic heterocycles. The highest BCUT2D eigenvalue weighted by Gasteiger charge is 2.33. The second kappa shape index (κ2) is 6.23. The summed E-state index contributed by atoms with van der Waals surface area (Å²) in [6.45, 7) is 5.85. The van der Waals surface area contributed by atoms with Gasteiger partial charge in [-0.3, -0.25) is 14.7 Å². The molecule has 0 atom stereocenters. The summed E-state index contributed by atoms with van der Waals surface area (Å²) >= 11 is 0. The molecule has 3 rings (SSSR count). The Hall–Kier alpha value is -2.28. The predicted octanol–water partition coefficient (Wildman–Crippen LogP) is 1.06. The number of likely N-dealkylation sites (tertiary alicyclic amines) is 1. The Morgan fingerprint density at radius 2 is 2.32 bits per heavy atom. The van der Waals surface area contributed by atoms with Crippen LogP contribution in [0.25, 0.3) is 11.4 Å². The molecule has 0 spiro atoms. The van der Waals surface area contributed by atoms with Crippen molar-refractivity contribution in [3.8, 4) is 11.4 Å². The van der Waals surface area contributed by atoms with E-state index in [4.69, 9.17) is 4.52 Å². The van der Waals surface area contributed by atoms with Crippen molar-refractivity contribution in [3.63, 3.8) is 0 Å². The summed E-state index contributed by atoms with van der Waals surface area (Å²) in [4.78, 5) is 22.2. The molecular formula is C15H19N5O2. The van der Waals surface area contributed by atoms with Crippen LogP contribution in [0, 0.1) is 0 Å². The van der Waals surface area contributed by atoms with E-state index in [1.54, 1.807) is 12.4 Å². The van der Waals surface area contributed by atoms with Gasteiger partial charge in [0.15, 0.2) is 0 Å². The minimum Gasteiger partial charge on any atom is -0.353 e. The van der Waals surface area contributed by atoms with Gasteiger partial charge in [-0.15, -0.1) is 0 Å². The Labute approximate surface area is 128 Å². The molecule has 0 saturated carbocycles. The number of nitrogens with zero attached hydrogens (tertiary/aromatic N) is 4. The van der Waals surface area contributed by atoms with E-state index in [9.17, 15) is 4.79 Å². The van der Waals surface area contributed by atoms with Crippen LogP contribution in [0.4, 0.5) is 0 Å². The lowest BCUT2D eigenvalue weighted by atomic mass is 10.0. The largest absolute Gasteiger partial charge is 0.353 e. The fourth-order valence-electron chi connectivity index (χ4n) is 2.44. The molecular weight excluding hydrogens is 282 g/mol. The molecule has 0 unspecified atom stereocenters. The van der Waals surface area contributed by atoms with E-state index < -0.39 is 0 Å². The van der Waals surface area contributed by atoms with Gasteiger partial charge in [-0.1, -0.05) is 5.16 Å². The zero-order chi connectivity index (χ0) is 15.5. The summed E-state index contributed by atoms with van der Waals surface area (Å²) in [6, 6.07) is 3.90. The van der Waals surface area contributed by atoms with Crippen molar-refractivity contribution in [1.29, 1.82) is 0 Å². The molecule has 22 heavy (non-hydrogen) atoms. The monoisotopic (exact) mass is 301 g/mol. The van der Waals surface area contributed by atoms with Gasteiger partial charge in [-0.25, -0.2) is 0 Å². The summed E-state index contributed by atoms with van der Waals surface area (Å²) in [6.07, 6.45) is 3.41. The highest BCUT2D eigenvalue weighted by atomic mass is 16.5. The lowest BCUT2D eigenvalue weighted by Crippen LogP contribution is -2.50. The van der Waals surface area contributed by atoms with Crippen LogP contribution < -0.4 is 5.32 Å². The number of carbonyl (C=O) groups excluding carboxylic acids is 1. The number of hydrogen-bond acceptors (Lipinski definition) is 6. The second-order valence-corrected chi connectivity index (χ2v) is 5.81. The topological polar surface area (TPSA) is 84.2 Å². The maximum Gasteiger partial charge on any atom is 0.234 e. The van der Waals surface area contributed by atoms with Gasteiger partial charge in [0.25, 0.3) is 0 Å². The molecule has 0 bridgehead atoms. The number of pyridine rings is 1. The average molecular weight is 301 g/mol. The van der Waals surface area contributed by atoms with Crippen molar-refractivity contribution < 1.29 is 9.32 Å². The molecule has 0 radical (unpaired) electrons. The minimum atomic E-state index is 0.0510. The molecule has 1 amide bonds. The quantitative estimate of drug-likeness (QED) is 0.889. The molecule has 1 fully saturated rings. The van der Waals surface area contributed by atoms with Crippen molar-refractivity contribution in [2.75, 3.05) is 19.6 Å². The molecule has 7 heteroatoms. The number of rotatable bonds is 5. The second-order valence-electron chi connectivity index (χ2n) is 5.81. The van der Waals surface area contributed by atoms with Gasteiger partial charge in [0.05, 0.1) is 12.5 Å². The third-order valence-electron chi connectivity index (χ3n) is 3.48. The van der Waals surface area contributed by atoms with E-state index in [0.717, 1.165) is 18.7 Å². The summed E-state index contributed by atoms with van der Waals surface area (Å²) in [5.74, 6) is 1.43. The molecule has 0 aliphatic carbocycles. The van der Waals surface area contributed by atoms with Gasteiger partial charge in [0.2, 0.25) is 17.6 Å². The lowest BCUT2D eigenvalue weighted by Gasteiger charge is -2.36. The summed E-state index contributed by atoms with van der Waals surface area (Å²) < 4.78 is 5.32. The fourth-order valence-corrected chi connectivity index (χ4v) is 2.44. The first-order chi connectivity index (χ1) is 10.6. The molecule has 1 N–H and O–H groups in total. The Morgan fingerprint density at radius 1 is 1.50 bits per heavy atom. The van der Waals surface area contributed by atoms with Crippen LogP contribution in [0.15, 0.2) is 29.0 Å². The maximum absolute atomic E-state index is 11.7. The van der Waals surface area contributed by atoms with Gasteiger partial charge in [-0.2, -0.15) is 4.98 Å². The predicted molar refractivity (Wildman–Crippen MR) is 80.0 cm³/mol. The van der Waals surface area contributed by atoms with Crippen molar-refractivity contribution in [1.82, 2.24) is 25.3 Å². The number of hydrogen-bond donors (Lipinski definition) is 1. The zero-order valence-corrected chi connectivity index (χ0v) is 12.7. The third kappa shape index (κ3) is 3.30. The molecule has 1 aliphatic heterocycles. The molecule has 7 nitrogen and oxygen atoms in total. The van der Waals surface area contributed by atoms with Gasteiger partial charge in [0.1, 0.15) is 0 Å². The number of aromatic nitrogens is 3. The van der Waals surface area contributed by atoms with E-state index in [1.807, 2.05) is 26.0 Å². The van der Waals surface area contributed by atoms with Gasteiger partial charge < -0.3 is 9.84 Å². The van der Waals surface area contributed by atoms with Gasteiger partial charge in [-0.05, 0) is 26.0 Å². The molecule has 1 aliphatic rings. The number of nitrogens with one attached hydrogen (secondary N) is 1. The highest BCUT2D eigenvalue weighted by molar-refractivity contribution is 5.78. The Morgan fingerprint density at radius 3 is 3.00 bits per heavy atom. The Balaban J connectivity index is 1.53. The normalized spacial score (nSPS) is 15.8. The Kier molecular flexibility index (Phi) is 4.15. The zero-order valence-electron chi connectivity index (χ0n) is 12.7. The number of carbonyl (C=O) groups is 1. The van der Waals surface area contributed by atoms with Crippen LogP contribution in [0.5, 0.6) is 0 Å². The van der Waals surface area contributed by atoms with E-state index in [2.05, 4.69) is 25.3 Å². The molecule has 2 aromatic rings. The smallest absolute Gasteiger partial charge is 0.234 e. The van der Waals surface area contributed by atoms with Gasteiger partial charge >= 0.3 is 0 Å². The van der Waals surface area contributed by atoms with Crippen LogP contribution in [-0.2, 0) is 4.79 Å². The first-order valence-electron chi connectivity index (χ1n) is 7.37. The van der Waals surface area contributed by atoms with Crippen LogP contribution >= 0.6 is 0 Å². The Bertz CT molecular complexity index is 634. The van der Waals surface area contributed by atoms with Crippen LogP contribution in [0.1, 0.15) is 25.7 Å². The number of amides is 1. The first-order valence-corrected chi connectivity index (χ1v) is 7.37.